The van der Waals surface area contributed by atoms with Crippen LogP contribution in [-0.2, 0) is 23.0 Å². The minimum atomic E-state index is -3.82. The number of nitrogens with one attached hydrogen (secondary N) is 1. The van der Waals surface area contributed by atoms with Gasteiger partial charge in [0.15, 0.2) is 0 Å². The van der Waals surface area contributed by atoms with Gasteiger partial charge in [0.1, 0.15) is 0 Å². The van der Waals surface area contributed by atoms with Crippen molar-refractivity contribution >= 4 is 56.4 Å². The van der Waals surface area contributed by atoms with Gasteiger partial charge < -0.3 is 5.32 Å². The monoisotopic (exact) mass is 494 g/mol. The summed E-state index contributed by atoms with van der Waals surface area (Å²) in [6, 6.07) is 16.7. The van der Waals surface area contributed by atoms with E-state index in [0.29, 0.717) is 18.7 Å². The number of halogens is 3. The van der Waals surface area contributed by atoms with Crippen LogP contribution in [-0.4, -0.2) is 25.2 Å². The van der Waals surface area contributed by atoms with Crippen molar-refractivity contribution in [1.29, 1.82) is 0 Å². The van der Waals surface area contributed by atoms with Crippen LogP contribution in [0.3, 0.4) is 0 Å². The third-order valence-electron chi connectivity index (χ3n) is 5.12. The molecule has 1 aliphatic rings. The largest absolute Gasteiger partial charge is 0.321 e. The van der Waals surface area contributed by atoms with E-state index >= 15 is 0 Å². The second-order valence-corrected chi connectivity index (χ2v) is 10.2. The number of rotatable bonds is 4. The molecule has 1 N–H and O–H groups in total. The maximum absolute atomic E-state index is 13.3. The lowest BCUT2D eigenvalue weighted by Gasteiger charge is -2.28. The van der Waals surface area contributed by atoms with Crippen molar-refractivity contribution < 1.29 is 13.2 Å². The molecule has 1 heterocycles. The van der Waals surface area contributed by atoms with E-state index in [1.54, 1.807) is 18.2 Å². The molecule has 0 fully saturated rings. The van der Waals surface area contributed by atoms with Gasteiger partial charge in [0.25, 0.3) is 5.91 Å². The molecule has 0 atom stereocenters. The summed E-state index contributed by atoms with van der Waals surface area (Å²) in [5, 5.41) is 3.22. The Morgan fingerprint density at radius 2 is 1.65 bits per heavy atom. The molecular formula is C22H17Cl3N2O3S. The van der Waals surface area contributed by atoms with E-state index < -0.39 is 15.9 Å². The lowest BCUT2D eigenvalue weighted by Crippen LogP contribution is -2.36. The van der Waals surface area contributed by atoms with Gasteiger partial charge in [-0.15, -0.1) is 0 Å². The summed E-state index contributed by atoms with van der Waals surface area (Å²) in [4.78, 5) is 12.8. The molecule has 31 heavy (non-hydrogen) atoms. The Balaban J connectivity index is 1.63. The minimum Gasteiger partial charge on any atom is -0.321 e. The maximum atomic E-state index is 13.3. The Hall–Kier alpha value is -2.09. The van der Waals surface area contributed by atoms with Crippen LogP contribution in [0.5, 0.6) is 0 Å². The van der Waals surface area contributed by atoms with E-state index in [1.165, 1.54) is 22.5 Å². The first-order chi connectivity index (χ1) is 14.8. The number of sulfonamides is 1. The van der Waals surface area contributed by atoms with E-state index in [2.05, 4.69) is 5.32 Å². The number of anilines is 1. The van der Waals surface area contributed by atoms with E-state index in [1.807, 2.05) is 24.3 Å². The van der Waals surface area contributed by atoms with Crippen LogP contribution in [0, 0.1) is 0 Å². The molecule has 9 heteroatoms. The van der Waals surface area contributed by atoms with Gasteiger partial charge in [-0.3, -0.25) is 4.79 Å². The second-order valence-electron chi connectivity index (χ2n) is 7.05. The van der Waals surface area contributed by atoms with E-state index in [4.69, 9.17) is 34.8 Å². The molecule has 160 valence electrons. The highest BCUT2D eigenvalue weighted by atomic mass is 35.5. The molecular weight excluding hydrogens is 479 g/mol. The first-order valence-electron chi connectivity index (χ1n) is 9.39. The van der Waals surface area contributed by atoms with Crippen molar-refractivity contribution in [2.45, 2.75) is 17.9 Å². The van der Waals surface area contributed by atoms with Crippen molar-refractivity contribution in [3.63, 3.8) is 0 Å². The van der Waals surface area contributed by atoms with Crippen LogP contribution in [0.15, 0.2) is 65.6 Å². The predicted octanol–water partition coefficient (Wildman–Crippen LogP) is 5.65. The number of nitrogens with zero attached hydrogens (tertiary/aromatic N) is 1. The van der Waals surface area contributed by atoms with Crippen LogP contribution < -0.4 is 5.32 Å². The normalized spacial score (nSPS) is 14.2. The average Bonchev–Trinajstić information content (AvgIpc) is 2.76. The SMILES string of the molecule is O=C(Nc1cccc(Cl)c1Cl)c1cc(S(=O)(=O)N2CCc3ccccc3C2)ccc1Cl. The average molecular weight is 496 g/mol. The van der Waals surface area contributed by atoms with Crippen LogP contribution in [0.25, 0.3) is 0 Å². The summed E-state index contributed by atoms with van der Waals surface area (Å²) in [5.41, 5.74) is 2.44. The molecule has 4 rings (SSSR count). The van der Waals surface area contributed by atoms with Gasteiger partial charge in [-0.25, -0.2) is 8.42 Å². The molecule has 0 bridgehead atoms. The maximum Gasteiger partial charge on any atom is 0.257 e. The van der Waals surface area contributed by atoms with Crippen LogP contribution in [0.1, 0.15) is 21.5 Å². The summed E-state index contributed by atoms with van der Waals surface area (Å²) in [5.74, 6) is -0.588. The Kier molecular flexibility index (Phi) is 6.28. The topological polar surface area (TPSA) is 66.5 Å². The minimum absolute atomic E-state index is 0.00128. The molecule has 5 nitrogen and oxygen atoms in total. The lowest BCUT2D eigenvalue weighted by molar-refractivity contribution is 0.102. The van der Waals surface area contributed by atoms with Gasteiger partial charge in [0.05, 0.1) is 31.2 Å². The number of amides is 1. The molecule has 0 aromatic heterocycles. The zero-order chi connectivity index (χ0) is 22.2. The van der Waals surface area contributed by atoms with Gasteiger partial charge in [-0.2, -0.15) is 4.31 Å². The Bertz CT molecular complexity index is 1280. The summed E-state index contributed by atoms with van der Waals surface area (Å²) in [6.45, 7) is 0.641. The first kappa shape index (κ1) is 22.1. The molecule has 3 aromatic carbocycles. The standard InChI is InChI=1S/C22H17Cl3N2O3S/c23-18-9-8-16(12-17(18)22(28)26-20-7-3-6-19(24)21(20)25)31(29,30)27-11-10-14-4-1-2-5-15(14)13-27/h1-9,12H,10-11,13H2,(H,26,28). The van der Waals surface area contributed by atoms with E-state index in [9.17, 15) is 13.2 Å². The molecule has 3 aromatic rings. The number of carbonyl (C=O) groups excluding carboxylic acids is 1. The summed E-state index contributed by atoms with van der Waals surface area (Å²) in [7, 11) is -3.82. The highest BCUT2D eigenvalue weighted by Gasteiger charge is 2.29. The fraction of sp³-hybridized carbons (Fsp3) is 0.136. The quantitative estimate of drug-likeness (QED) is 0.509. The van der Waals surface area contributed by atoms with Gasteiger partial charge in [0.2, 0.25) is 10.0 Å². The number of fused-ring (bicyclic) bond motifs is 1. The van der Waals surface area contributed by atoms with Gasteiger partial charge in [-0.05, 0) is 47.9 Å². The van der Waals surface area contributed by atoms with Crippen LogP contribution in [0.2, 0.25) is 15.1 Å². The number of hydrogen-bond acceptors (Lipinski definition) is 3. The van der Waals surface area contributed by atoms with Gasteiger partial charge in [-0.1, -0.05) is 65.1 Å². The Morgan fingerprint density at radius 1 is 0.903 bits per heavy atom. The van der Waals surface area contributed by atoms with Crippen LogP contribution >= 0.6 is 34.8 Å². The van der Waals surface area contributed by atoms with Crippen molar-refractivity contribution in [3.8, 4) is 0 Å². The smallest absolute Gasteiger partial charge is 0.257 e. The molecule has 0 saturated heterocycles. The third kappa shape index (κ3) is 4.45. The number of benzene rings is 3. The fourth-order valence-electron chi connectivity index (χ4n) is 3.45. The zero-order valence-electron chi connectivity index (χ0n) is 16.1. The Morgan fingerprint density at radius 3 is 2.42 bits per heavy atom. The van der Waals surface area contributed by atoms with Gasteiger partial charge in [0, 0.05) is 13.1 Å². The third-order valence-corrected chi connectivity index (χ3v) is 8.11. The molecule has 0 radical (unpaired) electrons. The molecule has 1 aliphatic heterocycles. The molecule has 0 spiro atoms. The van der Waals surface area contributed by atoms with E-state index in [0.717, 1.165) is 11.1 Å². The molecule has 0 saturated carbocycles. The number of carbonyl (C=O) groups is 1. The fourth-order valence-corrected chi connectivity index (χ4v) is 5.45. The number of hydrogen-bond donors (Lipinski definition) is 1. The van der Waals surface area contributed by atoms with Crippen molar-refractivity contribution in [2.24, 2.45) is 0 Å². The van der Waals surface area contributed by atoms with Crippen molar-refractivity contribution in [2.75, 3.05) is 11.9 Å². The van der Waals surface area contributed by atoms with Gasteiger partial charge >= 0.3 is 0 Å². The highest BCUT2D eigenvalue weighted by molar-refractivity contribution is 7.89. The molecule has 1 amide bonds. The first-order valence-corrected chi connectivity index (χ1v) is 12.0. The summed E-state index contributed by atoms with van der Waals surface area (Å²) >= 11 is 18.3. The van der Waals surface area contributed by atoms with Crippen molar-refractivity contribution in [1.82, 2.24) is 4.31 Å². The summed E-state index contributed by atoms with van der Waals surface area (Å²) in [6.07, 6.45) is 0.629. The predicted molar refractivity (Wildman–Crippen MR) is 124 cm³/mol. The van der Waals surface area contributed by atoms with Crippen LogP contribution in [0.4, 0.5) is 5.69 Å². The van der Waals surface area contributed by atoms with Crippen molar-refractivity contribution in [3.05, 3.63) is 92.4 Å². The molecule has 0 aliphatic carbocycles. The summed E-state index contributed by atoms with van der Waals surface area (Å²) < 4.78 is 27.9. The molecule has 0 unspecified atom stereocenters. The second kappa shape index (κ2) is 8.81. The highest BCUT2D eigenvalue weighted by Crippen LogP contribution is 2.31. The lowest BCUT2D eigenvalue weighted by atomic mass is 10.0. The Labute approximate surface area is 195 Å². The van der Waals surface area contributed by atoms with E-state index in [-0.39, 0.29) is 32.1 Å². The zero-order valence-corrected chi connectivity index (χ0v) is 19.2.